The van der Waals surface area contributed by atoms with Gasteiger partial charge in [-0.3, -0.25) is 9.59 Å². The lowest BCUT2D eigenvalue weighted by atomic mass is 9.85. The molecule has 0 saturated heterocycles. The van der Waals surface area contributed by atoms with E-state index in [1.54, 1.807) is 11.0 Å². The summed E-state index contributed by atoms with van der Waals surface area (Å²) in [5, 5.41) is 2.88. The van der Waals surface area contributed by atoms with Crippen LogP contribution in [0.2, 0.25) is 0 Å². The van der Waals surface area contributed by atoms with E-state index in [-0.39, 0.29) is 23.7 Å². The molecule has 2 aromatic rings. The lowest BCUT2D eigenvalue weighted by molar-refractivity contribution is -0.117. The Bertz CT molecular complexity index is 825. The molecule has 0 bridgehead atoms. The van der Waals surface area contributed by atoms with Crippen molar-refractivity contribution in [3.05, 3.63) is 54.1 Å². The molecule has 2 amide bonds. The Labute approximate surface area is 167 Å². The van der Waals surface area contributed by atoms with Crippen molar-refractivity contribution in [2.45, 2.75) is 46.5 Å². The van der Waals surface area contributed by atoms with Crippen LogP contribution in [0, 0.1) is 0 Å². The van der Waals surface area contributed by atoms with Gasteiger partial charge in [-0.1, -0.05) is 51.1 Å². The third-order valence-corrected chi connectivity index (χ3v) is 4.41. The Hall–Kier alpha value is -2.82. The van der Waals surface area contributed by atoms with Crippen LogP contribution in [-0.4, -0.2) is 25.0 Å². The van der Waals surface area contributed by atoms with E-state index in [0.29, 0.717) is 24.6 Å². The number of nitrogens with one attached hydrogen (secondary N) is 1. The standard InChI is InChI=1S/C23H30N2O3/c1-6-28-21-14-10-8-12-19(21)24-22(27)15-16-25(17(2)26)20-13-9-7-11-18(20)23(3,4)5/h7-14H,6,15-16H2,1-5H3,(H,24,27). The van der Waals surface area contributed by atoms with Gasteiger partial charge in [0.05, 0.1) is 12.3 Å². The van der Waals surface area contributed by atoms with Crippen LogP contribution in [0.5, 0.6) is 5.75 Å². The predicted molar refractivity (Wildman–Crippen MR) is 114 cm³/mol. The molecule has 0 saturated carbocycles. The Morgan fingerprint density at radius 1 is 1.04 bits per heavy atom. The van der Waals surface area contributed by atoms with Crippen molar-refractivity contribution in [2.75, 3.05) is 23.4 Å². The first-order chi connectivity index (χ1) is 13.2. The monoisotopic (exact) mass is 382 g/mol. The van der Waals surface area contributed by atoms with Crippen LogP contribution < -0.4 is 15.0 Å². The van der Waals surface area contributed by atoms with Gasteiger partial charge in [-0.2, -0.15) is 0 Å². The number of amides is 2. The fourth-order valence-electron chi connectivity index (χ4n) is 3.07. The molecule has 28 heavy (non-hydrogen) atoms. The molecule has 0 aromatic heterocycles. The number of rotatable bonds is 7. The van der Waals surface area contributed by atoms with Crippen LogP contribution in [0.25, 0.3) is 0 Å². The number of hydrogen-bond acceptors (Lipinski definition) is 3. The molecule has 2 aromatic carbocycles. The smallest absolute Gasteiger partial charge is 0.226 e. The van der Waals surface area contributed by atoms with E-state index in [9.17, 15) is 9.59 Å². The summed E-state index contributed by atoms with van der Waals surface area (Å²) >= 11 is 0. The van der Waals surface area contributed by atoms with Gasteiger partial charge >= 0.3 is 0 Å². The summed E-state index contributed by atoms with van der Waals surface area (Å²) in [7, 11) is 0. The predicted octanol–water partition coefficient (Wildman–Crippen LogP) is 4.76. The number of nitrogens with zero attached hydrogens (tertiary/aromatic N) is 1. The van der Waals surface area contributed by atoms with Gasteiger partial charge in [-0.15, -0.1) is 0 Å². The van der Waals surface area contributed by atoms with Gasteiger partial charge in [0.25, 0.3) is 0 Å². The van der Waals surface area contributed by atoms with Crippen molar-refractivity contribution < 1.29 is 14.3 Å². The second kappa shape index (κ2) is 9.40. The number of para-hydroxylation sites is 3. The summed E-state index contributed by atoms with van der Waals surface area (Å²) < 4.78 is 5.54. The van der Waals surface area contributed by atoms with Crippen molar-refractivity contribution in [3.63, 3.8) is 0 Å². The summed E-state index contributed by atoms with van der Waals surface area (Å²) in [5.41, 5.74) is 2.46. The molecule has 0 unspecified atom stereocenters. The van der Waals surface area contributed by atoms with Crippen LogP contribution in [-0.2, 0) is 15.0 Å². The number of carbonyl (C=O) groups is 2. The maximum atomic E-state index is 12.5. The number of benzene rings is 2. The highest BCUT2D eigenvalue weighted by Gasteiger charge is 2.23. The van der Waals surface area contributed by atoms with E-state index in [4.69, 9.17) is 4.74 Å². The lowest BCUT2D eigenvalue weighted by Gasteiger charge is -2.29. The molecule has 0 aliphatic rings. The summed E-state index contributed by atoms with van der Waals surface area (Å²) in [6.07, 6.45) is 0.193. The summed E-state index contributed by atoms with van der Waals surface area (Å²) in [4.78, 5) is 26.5. The maximum absolute atomic E-state index is 12.5. The Morgan fingerprint density at radius 3 is 2.32 bits per heavy atom. The van der Waals surface area contributed by atoms with Gasteiger partial charge in [-0.05, 0) is 36.1 Å². The highest BCUT2D eigenvalue weighted by Crippen LogP contribution is 2.32. The first-order valence-electron chi connectivity index (χ1n) is 9.63. The van der Waals surface area contributed by atoms with Gasteiger partial charge in [-0.25, -0.2) is 0 Å². The third-order valence-electron chi connectivity index (χ3n) is 4.41. The molecule has 0 aliphatic carbocycles. The molecule has 0 spiro atoms. The molecular formula is C23H30N2O3. The maximum Gasteiger partial charge on any atom is 0.226 e. The van der Waals surface area contributed by atoms with E-state index >= 15 is 0 Å². The van der Waals surface area contributed by atoms with E-state index in [2.05, 4.69) is 26.1 Å². The van der Waals surface area contributed by atoms with Crippen LogP contribution >= 0.6 is 0 Å². The van der Waals surface area contributed by atoms with Gasteiger partial charge in [0.1, 0.15) is 5.75 Å². The molecule has 5 heteroatoms. The second-order valence-corrected chi connectivity index (χ2v) is 7.67. The summed E-state index contributed by atoms with van der Waals surface area (Å²) in [6, 6.07) is 15.2. The van der Waals surface area contributed by atoms with Crippen molar-refractivity contribution in [2.24, 2.45) is 0 Å². The highest BCUT2D eigenvalue weighted by molar-refractivity contribution is 5.96. The highest BCUT2D eigenvalue weighted by atomic mass is 16.5. The van der Waals surface area contributed by atoms with E-state index < -0.39 is 0 Å². The number of ether oxygens (including phenoxy) is 1. The average molecular weight is 383 g/mol. The Kier molecular flexibility index (Phi) is 7.21. The summed E-state index contributed by atoms with van der Waals surface area (Å²) in [6.45, 7) is 10.6. The average Bonchev–Trinajstić information content (AvgIpc) is 2.63. The molecule has 0 fully saturated rings. The largest absolute Gasteiger partial charge is 0.492 e. The molecule has 1 N–H and O–H groups in total. The SMILES string of the molecule is CCOc1ccccc1NC(=O)CCN(C(C)=O)c1ccccc1C(C)(C)C. The molecule has 5 nitrogen and oxygen atoms in total. The second-order valence-electron chi connectivity index (χ2n) is 7.67. The minimum atomic E-state index is -0.161. The molecule has 0 aliphatic heterocycles. The topological polar surface area (TPSA) is 58.6 Å². The zero-order valence-electron chi connectivity index (χ0n) is 17.4. The molecule has 150 valence electrons. The van der Waals surface area contributed by atoms with Crippen molar-refractivity contribution >= 4 is 23.2 Å². The number of anilines is 2. The van der Waals surface area contributed by atoms with Crippen molar-refractivity contribution in [1.82, 2.24) is 0 Å². The van der Waals surface area contributed by atoms with Crippen LogP contribution in [0.4, 0.5) is 11.4 Å². The third kappa shape index (κ3) is 5.59. The first kappa shape index (κ1) is 21.5. The number of carbonyl (C=O) groups excluding carboxylic acids is 2. The van der Waals surface area contributed by atoms with Gasteiger partial charge in [0.15, 0.2) is 0 Å². The van der Waals surface area contributed by atoms with Gasteiger partial charge in [0.2, 0.25) is 11.8 Å². The molecule has 0 heterocycles. The normalized spacial score (nSPS) is 11.0. The quantitative estimate of drug-likeness (QED) is 0.751. The molecule has 0 radical (unpaired) electrons. The fraction of sp³-hybridized carbons (Fsp3) is 0.391. The molecule has 2 rings (SSSR count). The molecule has 0 atom stereocenters. The van der Waals surface area contributed by atoms with Crippen LogP contribution in [0.3, 0.4) is 0 Å². The fourth-order valence-corrected chi connectivity index (χ4v) is 3.07. The minimum absolute atomic E-state index is 0.0841. The van der Waals surface area contributed by atoms with Crippen LogP contribution in [0.1, 0.15) is 46.6 Å². The molecular weight excluding hydrogens is 352 g/mol. The first-order valence-corrected chi connectivity index (χ1v) is 9.63. The van der Waals surface area contributed by atoms with Gasteiger partial charge in [0, 0.05) is 25.6 Å². The van der Waals surface area contributed by atoms with E-state index in [1.165, 1.54) is 6.92 Å². The van der Waals surface area contributed by atoms with E-state index in [1.807, 2.05) is 49.4 Å². The number of hydrogen-bond donors (Lipinski definition) is 1. The van der Waals surface area contributed by atoms with E-state index in [0.717, 1.165) is 11.3 Å². The zero-order valence-corrected chi connectivity index (χ0v) is 17.4. The van der Waals surface area contributed by atoms with Crippen molar-refractivity contribution in [3.8, 4) is 5.75 Å². The van der Waals surface area contributed by atoms with Crippen LogP contribution in [0.15, 0.2) is 48.5 Å². The Balaban J connectivity index is 2.13. The lowest BCUT2D eigenvalue weighted by Crippen LogP contribution is -2.34. The van der Waals surface area contributed by atoms with Gasteiger partial charge < -0.3 is 15.0 Å². The minimum Gasteiger partial charge on any atom is -0.492 e. The zero-order chi connectivity index (χ0) is 20.7. The van der Waals surface area contributed by atoms with Crippen molar-refractivity contribution in [1.29, 1.82) is 0 Å². The Morgan fingerprint density at radius 2 is 1.68 bits per heavy atom. The summed E-state index contributed by atoms with van der Waals surface area (Å²) in [5.74, 6) is 0.394.